The zero-order valence-corrected chi connectivity index (χ0v) is 69.3. The third kappa shape index (κ3) is 51.7. The van der Waals surface area contributed by atoms with Gasteiger partial charge in [0.15, 0.2) is 0 Å². The number of esters is 13. The Hall–Kier alpha value is -16.6. The fraction of sp³-hybridized carbons (Fsp3) is 0.144. The van der Waals surface area contributed by atoms with Crippen molar-refractivity contribution in [3.8, 4) is 23.0 Å². The first kappa shape index (κ1) is 107. The minimum atomic E-state index is -0.739. The predicted molar refractivity (Wildman–Crippen MR) is 465 cm³/mol. The Morgan fingerprint density at radius 2 is 0.492 bits per heavy atom. The Morgan fingerprint density at radius 1 is 0.246 bits per heavy atom. The molecule has 0 atom stereocenters. The molecule has 0 bridgehead atoms. The highest BCUT2D eigenvalue weighted by atomic mass is 16.7. The summed E-state index contributed by atoms with van der Waals surface area (Å²) in [6.07, 6.45) is 13.8. The van der Waals surface area contributed by atoms with E-state index in [0.29, 0.717) is 50.8 Å². The van der Waals surface area contributed by atoms with Gasteiger partial charge in [-0.15, -0.1) is 0 Å². The molecular weight excluding hydrogens is 1630 g/mol. The molecule has 126 heavy (non-hydrogen) atoms. The van der Waals surface area contributed by atoms with Crippen molar-refractivity contribution in [3.63, 3.8) is 0 Å². The molecule has 29 nitrogen and oxygen atoms in total. The van der Waals surface area contributed by atoms with Crippen molar-refractivity contribution in [2.24, 2.45) is 0 Å². The lowest BCUT2D eigenvalue weighted by molar-refractivity contribution is -0.148. The first-order valence-electron chi connectivity index (χ1n) is 37.2. The van der Waals surface area contributed by atoms with E-state index in [1.165, 1.54) is 0 Å². The molecule has 0 radical (unpaired) electrons. The summed E-state index contributed by atoms with van der Waals surface area (Å²) in [6, 6.07) is 55.1. The molecule has 29 heteroatoms. The summed E-state index contributed by atoms with van der Waals surface area (Å²) in [5.74, 6) is -5.51. The van der Waals surface area contributed by atoms with Gasteiger partial charge in [0.25, 0.3) is 5.95 Å². The van der Waals surface area contributed by atoms with Crippen LogP contribution in [0.3, 0.4) is 0 Å². The maximum absolute atomic E-state index is 11.2. The minimum Gasteiger partial charge on any atom is -0.490 e. The van der Waals surface area contributed by atoms with Crippen molar-refractivity contribution >= 4 is 77.6 Å². The van der Waals surface area contributed by atoms with Crippen LogP contribution in [-0.4, -0.2) is 117 Å². The summed E-state index contributed by atoms with van der Waals surface area (Å²) in [5, 5.41) is 0. The van der Waals surface area contributed by atoms with Crippen LogP contribution in [0.15, 0.2) is 359 Å². The van der Waals surface area contributed by atoms with Crippen LogP contribution < -0.4 is 14.2 Å². The number of carbonyl (C=O) groups is 13. The third-order valence-electron chi connectivity index (χ3n) is 14.4. The maximum atomic E-state index is 11.2. The lowest BCUT2D eigenvalue weighted by Crippen LogP contribution is -2.18. The van der Waals surface area contributed by atoms with Gasteiger partial charge in [0.05, 0.1) is 5.92 Å². The van der Waals surface area contributed by atoms with E-state index < -0.39 is 83.5 Å². The largest absolute Gasteiger partial charge is 0.490 e. The molecule has 0 spiro atoms. The van der Waals surface area contributed by atoms with Gasteiger partial charge in [-0.05, 0) is 82.4 Å². The average Bonchev–Trinajstić information content (AvgIpc) is 0.838. The Balaban J connectivity index is 0.000000753. The van der Waals surface area contributed by atoms with Gasteiger partial charge >= 0.3 is 77.6 Å². The molecule has 0 aliphatic heterocycles. The standard InChI is InChI=1S/C20H18O5.C18H18O6.C16H18O6.C15H16O4.C14H14O4.C8H8O4.C6H6/c1-3-19(21)23-13-15-9-5-7-11-17(15)25-18-12-8-6-10-16(18)14-24-20(22)4-2;1-4-16(19)22-10-13-7-14(11-23-17(20)5-2)9-15(8-13)12-24-18(21)6-3;1-3-15(17)21-10-8-19-13-6-5-7-14(12-13)20-9-11-22-16(18)4-2;1-3-14(16)18-10-13(11-19-15(17)4-2)12-8-6-5-7-9-12;1-3-13(15)17-9-11-7-5-6-8-12(11)10-18-14(16)4-2;1-4-7(9)11-6(3)12-8(10)5-2;1-2-4-6-5-3-1/h3-12H,1-2,13-14H2;4-9H,1-3,10-12H2;3-7,12H,1-2,8-11H2;3-9,13H,1-2,10-11H2;3-8H,1-2,9-10H2;4-5H,1-3H2;1-6H. The third-order valence-corrected chi connectivity index (χ3v) is 14.4. The van der Waals surface area contributed by atoms with Crippen LogP contribution in [0.25, 0.3) is 0 Å². The van der Waals surface area contributed by atoms with Crippen LogP contribution in [0.2, 0.25) is 0 Å². The topological polar surface area (TPSA) is 370 Å². The molecule has 7 rings (SSSR count). The number of benzene rings is 7. The number of carbonyl (C=O) groups excluding carboxylic acids is 13. The number of hydrogen-bond donors (Lipinski definition) is 0. The van der Waals surface area contributed by atoms with Gasteiger partial charge in [0.2, 0.25) is 0 Å². The molecule has 0 unspecified atom stereocenters. The maximum Gasteiger partial charge on any atom is 0.337 e. The fourth-order valence-electron chi connectivity index (χ4n) is 8.50. The summed E-state index contributed by atoms with van der Waals surface area (Å²) < 4.78 is 79.9. The van der Waals surface area contributed by atoms with Crippen LogP contribution >= 0.6 is 0 Å². The highest BCUT2D eigenvalue weighted by Gasteiger charge is 2.17. The van der Waals surface area contributed by atoms with E-state index in [0.717, 1.165) is 95.7 Å². The van der Waals surface area contributed by atoms with Crippen molar-refractivity contribution < 1.29 is 138 Å². The quantitative estimate of drug-likeness (QED) is 0.0112. The van der Waals surface area contributed by atoms with Gasteiger partial charge in [0, 0.05) is 96.2 Å². The number of ether oxygens (including phenoxy) is 16. The summed E-state index contributed by atoms with van der Waals surface area (Å²) in [7, 11) is 0. The van der Waals surface area contributed by atoms with Gasteiger partial charge in [0.1, 0.15) is 109 Å². The van der Waals surface area contributed by atoms with Gasteiger partial charge in [-0.25, -0.2) is 62.3 Å². The molecule has 7 aromatic rings. The van der Waals surface area contributed by atoms with Crippen molar-refractivity contribution in [3.05, 3.63) is 404 Å². The zero-order chi connectivity index (χ0) is 93.5. The van der Waals surface area contributed by atoms with E-state index in [9.17, 15) is 62.3 Å². The van der Waals surface area contributed by atoms with Crippen molar-refractivity contribution in [1.29, 1.82) is 0 Å². The molecule has 0 saturated carbocycles. The van der Waals surface area contributed by atoms with Crippen LogP contribution in [0.4, 0.5) is 0 Å². The van der Waals surface area contributed by atoms with Crippen molar-refractivity contribution in [1.82, 2.24) is 0 Å². The molecule has 0 aromatic heterocycles. The van der Waals surface area contributed by atoms with E-state index in [1.807, 2.05) is 103 Å². The molecule has 0 fully saturated rings. The van der Waals surface area contributed by atoms with Crippen LogP contribution in [0.1, 0.15) is 50.4 Å². The number of para-hydroxylation sites is 2. The van der Waals surface area contributed by atoms with E-state index in [2.05, 4.69) is 102 Å². The average molecular weight is 1730 g/mol. The van der Waals surface area contributed by atoms with E-state index in [-0.39, 0.29) is 91.8 Å². The molecule has 0 N–H and O–H groups in total. The SMILES string of the molecule is C=CC(=O)OC(=C)OC(=O)C=C.C=CC(=O)OCC(COC(=O)C=C)c1ccccc1.C=CC(=O)OCCOc1cccc(OCCOC(=O)C=C)c1.C=CC(=O)OCc1cc(COC(=O)C=C)cc(COC(=O)C=C)c1.C=CC(=O)OCc1ccccc1COC(=O)C=C.C=CC(=O)OCc1ccccc1Oc1ccccc1COC(=O)C=C.c1ccccc1. The zero-order valence-electron chi connectivity index (χ0n) is 69.3. The van der Waals surface area contributed by atoms with Crippen molar-refractivity contribution in [2.75, 3.05) is 39.6 Å². The molecular formula is C97H98O29. The lowest BCUT2D eigenvalue weighted by atomic mass is 10.0. The Labute approximate surface area is 730 Å². The Kier molecular flexibility index (Phi) is 57.3. The van der Waals surface area contributed by atoms with Crippen LogP contribution in [0.5, 0.6) is 23.0 Å². The second-order valence-corrected chi connectivity index (χ2v) is 23.4. The van der Waals surface area contributed by atoms with Gasteiger partial charge < -0.3 is 75.8 Å². The van der Waals surface area contributed by atoms with Gasteiger partial charge in [-0.3, -0.25) is 0 Å². The van der Waals surface area contributed by atoms with E-state index in [4.69, 9.17) is 66.3 Å². The Morgan fingerprint density at radius 3 is 0.794 bits per heavy atom. The Bertz CT molecular complexity index is 4510. The monoisotopic (exact) mass is 1730 g/mol. The molecule has 0 aliphatic rings. The highest BCUT2D eigenvalue weighted by molar-refractivity contribution is 5.86. The second-order valence-electron chi connectivity index (χ2n) is 23.4. The normalized spacial score (nSPS) is 9.34. The predicted octanol–water partition coefficient (Wildman–Crippen LogP) is 15.2. The molecule has 7 aromatic carbocycles. The van der Waals surface area contributed by atoms with Crippen LogP contribution in [0, 0.1) is 0 Å². The second kappa shape index (κ2) is 67.2. The fourth-order valence-corrected chi connectivity index (χ4v) is 8.50. The molecule has 660 valence electrons. The summed E-state index contributed by atoms with van der Waals surface area (Å²) in [6.45, 7) is 47.3. The smallest absolute Gasteiger partial charge is 0.337 e. The molecule has 0 heterocycles. The van der Waals surface area contributed by atoms with Gasteiger partial charge in [-0.1, -0.05) is 219 Å². The lowest BCUT2D eigenvalue weighted by Gasteiger charge is -2.16. The summed E-state index contributed by atoms with van der Waals surface area (Å²) >= 11 is 0. The minimum absolute atomic E-state index is 0.0104. The van der Waals surface area contributed by atoms with E-state index in [1.54, 1.807) is 78.9 Å². The van der Waals surface area contributed by atoms with E-state index >= 15 is 0 Å². The highest BCUT2D eigenvalue weighted by Crippen LogP contribution is 2.30. The summed E-state index contributed by atoms with van der Waals surface area (Å²) in [5.41, 5.74) is 5.86. The van der Waals surface area contributed by atoms with Gasteiger partial charge in [-0.2, -0.15) is 0 Å². The van der Waals surface area contributed by atoms with Crippen molar-refractivity contribution in [2.45, 2.75) is 52.2 Å². The molecule has 0 saturated heterocycles. The first-order chi connectivity index (χ1) is 60.7. The first-order valence-corrected chi connectivity index (χ1v) is 37.2. The molecule has 0 aliphatic carbocycles. The van der Waals surface area contributed by atoms with Crippen LogP contribution in [-0.2, 0) is 170 Å². The summed E-state index contributed by atoms with van der Waals surface area (Å²) in [4.78, 5) is 143. The number of hydrogen-bond acceptors (Lipinski definition) is 29. The number of rotatable bonds is 44. The molecule has 0 amide bonds.